The van der Waals surface area contributed by atoms with Crippen LogP contribution in [0.4, 0.5) is 0 Å². The summed E-state index contributed by atoms with van der Waals surface area (Å²) >= 11 is 0. The maximum absolute atomic E-state index is 11.1. The molecule has 1 N–H and O–H groups in total. The molecule has 5 heteroatoms. The van der Waals surface area contributed by atoms with Gasteiger partial charge in [-0.1, -0.05) is 0 Å². The Morgan fingerprint density at radius 3 is 2.76 bits per heavy atom. The second-order valence-corrected chi connectivity index (χ2v) is 7.69. The summed E-state index contributed by atoms with van der Waals surface area (Å²) in [6, 6.07) is 1.30. The zero-order valence-electron chi connectivity index (χ0n) is 10.7. The van der Waals surface area contributed by atoms with E-state index in [1.54, 1.807) is 0 Å². The fourth-order valence-corrected chi connectivity index (χ4v) is 3.81. The van der Waals surface area contributed by atoms with E-state index in [2.05, 4.69) is 10.2 Å². The topological polar surface area (TPSA) is 49.4 Å². The summed E-state index contributed by atoms with van der Waals surface area (Å²) in [5, 5.41) is 3.58. The fraction of sp³-hybridized carbons (Fsp3) is 1.00. The first-order valence-corrected chi connectivity index (χ1v) is 8.77. The van der Waals surface area contributed by atoms with Crippen molar-refractivity contribution in [1.82, 2.24) is 10.2 Å². The molecule has 100 valence electrons. The third-order valence-corrected chi connectivity index (χ3v) is 4.97. The van der Waals surface area contributed by atoms with Crippen molar-refractivity contribution in [2.24, 2.45) is 0 Å². The summed E-state index contributed by atoms with van der Waals surface area (Å²) < 4.78 is 22.2. The van der Waals surface area contributed by atoms with Gasteiger partial charge in [0, 0.05) is 18.3 Å². The molecule has 2 heterocycles. The van der Waals surface area contributed by atoms with E-state index in [1.807, 2.05) is 0 Å². The van der Waals surface area contributed by atoms with Gasteiger partial charge in [-0.3, -0.25) is 4.90 Å². The van der Waals surface area contributed by atoms with Gasteiger partial charge in [0.2, 0.25) is 0 Å². The summed E-state index contributed by atoms with van der Waals surface area (Å²) in [6.45, 7) is 3.24. The molecule has 0 amide bonds. The van der Waals surface area contributed by atoms with Gasteiger partial charge in [-0.05, 0) is 51.7 Å². The lowest BCUT2D eigenvalue weighted by Crippen LogP contribution is -2.44. The third-order valence-electron chi connectivity index (χ3n) is 3.94. The molecule has 17 heavy (non-hydrogen) atoms. The number of nitrogens with zero attached hydrogens (tertiary/aromatic N) is 1. The van der Waals surface area contributed by atoms with Gasteiger partial charge in [-0.2, -0.15) is 0 Å². The van der Waals surface area contributed by atoms with Crippen LogP contribution >= 0.6 is 0 Å². The standard InChI is InChI=1S/C12H24N2O2S/c1-17(15,16)10-4-9-14-8-3-6-12(14)11-5-2-7-13-11/h11-13H,2-10H2,1H3. The van der Waals surface area contributed by atoms with Crippen LogP contribution in [0.3, 0.4) is 0 Å². The van der Waals surface area contributed by atoms with Gasteiger partial charge in [0.15, 0.2) is 0 Å². The highest BCUT2D eigenvalue weighted by Crippen LogP contribution is 2.24. The first-order valence-electron chi connectivity index (χ1n) is 6.71. The number of likely N-dealkylation sites (tertiary alicyclic amines) is 1. The summed E-state index contributed by atoms with van der Waals surface area (Å²) in [4.78, 5) is 2.49. The predicted octanol–water partition coefficient (Wildman–Crippen LogP) is 0.638. The smallest absolute Gasteiger partial charge is 0.147 e. The molecule has 2 fully saturated rings. The summed E-state index contributed by atoms with van der Waals surface area (Å²) in [7, 11) is -2.79. The van der Waals surface area contributed by atoms with Crippen LogP contribution in [0.15, 0.2) is 0 Å². The Hall–Kier alpha value is -0.130. The highest BCUT2D eigenvalue weighted by Gasteiger charge is 2.32. The molecule has 0 aliphatic carbocycles. The van der Waals surface area contributed by atoms with Crippen LogP contribution in [0.25, 0.3) is 0 Å². The van der Waals surface area contributed by atoms with E-state index in [4.69, 9.17) is 0 Å². The molecule has 0 saturated carbocycles. The second kappa shape index (κ2) is 5.67. The average Bonchev–Trinajstić information content (AvgIpc) is 2.82. The normalized spacial score (nSPS) is 31.1. The summed E-state index contributed by atoms with van der Waals surface area (Å²) in [6.07, 6.45) is 7.22. The van der Waals surface area contributed by atoms with Gasteiger partial charge in [0.05, 0.1) is 5.75 Å². The Morgan fingerprint density at radius 1 is 1.29 bits per heavy atom. The van der Waals surface area contributed by atoms with Crippen LogP contribution in [0.2, 0.25) is 0 Å². The van der Waals surface area contributed by atoms with Crippen molar-refractivity contribution in [3.8, 4) is 0 Å². The highest BCUT2D eigenvalue weighted by molar-refractivity contribution is 7.90. The highest BCUT2D eigenvalue weighted by atomic mass is 32.2. The lowest BCUT2D eigenvalue weighted by atomic mass is 10.0. The molecule has 0 radical (unpaired) electrons. The molecule has 2 saturated heterocycles. The van der Waals surface area contributed by atoms with Crippen molar-refractivity contribution in [3.05, 3.63) is 0 Å². The van der Waals surface area contributed by atoms with Crippen molar-refractivity contribution in [2.45, 2.75) is 44.2 Å². The Kier molecular flexibility index (Phi) is 4.44. The minimum Gasteiger partial charge on any atom is -0.312 e. The lowest BCUT2D eigenvalue weighted by molar-refractivity contribution is 0.215. The SMILES string of the molecule is CS(=O)(=O)CCCN1CCCC1C1CCCN1. The third kappa shape index (κ3) is 3.93. The number of rotatable bonds is 5. The first kappa shape index (κ1) is 13.3. The van der Waals surface area contributed by atoms with Crippen LogP contribution in [0.5, 0.6) is 0 Å². The monoisotopic (exact) mass is 260 g/mol. The minimum atomic E-state index is -2.79. The molecule has 2 atom stereocenters. The molecule has 4 nitrogen and oxygen atoms in total. The van der Waals surface area contributed by atoms with Gasteiger partial charge in [0.1, 0.15) is 9.84 Å². The van der Waals surface area contributed by atoms with E-state index in [1.165, 1.54) is 31.9 Å². The maximum atomic E-state index is 11.1. The van der Waals surface area contributed by atoms with E-state index in [9.17, 15) is 8.42 Å². The van der Waals surface area contributed by atoms with Gasteiger partial charge < -0.3 is 5.32 Å². The molecule has 0 bridgehead atoms. The second-order valence-electron chi connectivity index (χ2n) is 5.43. The van der Waals surface area contributed by atoms with Crippen LogP contribution in [-0.4, -0.2) is 57.0 Å². The van der Waals surface area contributed by atoms with E-state index in [-0.39, 0.29) is 0 Å². The largest absolute Gasteiger partial charge is 0.312 e. The Balaban J connectivity index is 1.78. The van der Waals surface area contributed by atoms with Crippen LogP contribution in [0, 0.1) is 0 Å². The van der Waals surface area contributed by atoms with Crippen LogP contribution < -0.4 is 5.32 Å². The van der Waals surface area contributed by atoms with E-state index >= 15 is 0 Å². The first-order chi connectivity index (χ1) is 8.06. The number of hydrogen-bond donors (Lipinski definition) is 1. The van der Waals surface area contributed by atoms with Gasteiger partial charge in [-0.15, -0.1) is 0 Å². The molecular formula is C12H24N2O2S. The molecule has 0 spiro atoms. The Labute approximate surface area is 105 Å². The van der Waals surface area contributed by atoms with Crippen LogP contribution in [0.1, 0.15) is 32.1 Å². The fourth-order valence-electron chi connectivity index (χ4n) is 3.15. The molecule has 2 aliphatic heterocycles. The van der Waals surface area contributed by atoms with Gasteiger partial charge >= 0.3 is 0 Å². The lowest BCUT2D eigenvalue weighted by Gasteiger charge is -2.29. The summed E-state index contributed by atoms with van der Waals surface area (Å²) in [5.74, 6) is 0.328. The number of nitrogens with one attached hydrogen (secondary N) is 1. The zero-order valence-corrected chi connectivity index (χ0v) is 11.5. The molecular weight excluding hydrogens is 236 g/mol. The van der Waals surface area contributed by atoms with E-state index in [0.717, 1.165) is 26.1 Å². The van der Waals surface area contributed by atoms with Crippen molar-refractivity contribution < 1.29 is 8.42 Å². The maximum Gasteiger partial charge on any atom is 0.147 e. The number of hydrogen-bond acceptors (Lipinski definition) is 4. The molecule has 0 aromatic heterocycles. The Morgan fingerprint density at radius 2 is 2.12 bits per heavy atom. The van der Waals surface area contributed by atoms with Crippen molar-refractivity contribution in [1.29, 1.82) is 0 Å². The van der Waals surface area contributed by atoms with Crippen molar-refractivity contribution in [2.75, 3.05) is 31.6 Å². The summed E-state index contributed by atoms with van der Waals surface area (Å²) in [5.41, 5.74) is 0. The zero-order chi connectivity index (χ0) is 12.3. The molecule has 2 unspecified atom stereocenters. The quantitative estimate of drug-likeness (QED) is 0.788. The van der Waals surface area contributed by atoms with E-state index in [0.29, 0.717) is 17.8 Å². The van der Waals surface area contributed by atoms with Crippen LogP contribution in [-0.2, 0) is 9.84 Å². The molecule has 2 aliphatic rings. The van der Waals surface area contributed by atoms with E-state index < -0.39 is 9.84 Å². The molecule has 0 aromatic rings. The molecule has 0 aromatic carbocycles. The van der Waals surface area contributed by atoms with Gasteiger partial charge in [-0.25, -0.2) is 8.42 Å². The Bertz CT molecular complexity index is 336. The van der Waals surface area contributed by atoms with Crippen molar-refractivity contribution in [3.63, 3.8) is 0 Å². The average molecular weight is 260 g/mol. The molecule has 2 rings (SSSR count). The minimum absolute atomic E-state index is 0.328. The van der Waals surface area contributed by atoms with Crippen molar-refractivity contribution >= 4 is 9.84 Å². The van der Waals surface area contributed by atoms with Gasteiger partial charge in [0.25, 0.3) is 0 Å². The predicted molar refractivity (Wildman–Crippen MR) is 69.9 cm³/mol. The number of sulfone groups is 1.